The Labute approximate surface area is 95.6 Å². The van der Waals surface area contributed by atoms with Gasteiger partial charge in [-0.1, -0.05) is 5.16 Å². The van der Waals surface area contributed by atoms with E-state index in [0.29, 0.717) is 31.2 Å². The van der Waals surface area contributed by atoms with E-state index in [4.69, 9.17) is 4.52 Å². The first-order valence-electron chi connectivity index (χ1n) is 5.40. The monoisotopic (exact) mass is 228 g/mol. The normalized spacial score (nSPS) is 13.3. The summed E-state index contributed by atoms with van der Waals surface area (Å²) in [7, 11) is 3.87. The van der Waals surface area contributed by atoms with E-state index < -0.39 is 0 Å². The third kappa shape index (κ3) is 5.20. The Bertz CT molecular complexity index is 301. The molecule has 1 rings (SSSR count). The number of aliphatic hydroxyl groups is 1. The van der Waals surface area contributed by atoms with Crippen molar-refractivity contribution >= 4 is 0 Å². The third-order valence-electron chi connectivity index (χ3n) is 2.04. The molecule has 1 unspecified atom stereocenters. The summed E-state index contributed by atoms with van der Waals surface area (Å²) in [6, 6.07) is 0. The average molecular weight is 228 g/mol. The van der Waals surface area contributed by atoms with Crippen molar-refractivity contribution in [3.63, 3.8) is 0 Å². The highest BCUT2D eigenvalue weighted by Gasteiger charge is 2.05. The van der Waals surface area contributed by atoms with E-state index in [1.54, 1.807) is 6.92 Å². The summed E-state index contributed by atoms with van der Waals surface area (Å²) in [6.07, 6.45) is 0.342. The first-order chi connectivity index (χ1) is 7.58. The van der Waals surface area contributed by atoms with E-state index in [1.807, 2.05) is 19.0 Å². The number of nitrogens with one attached hydrogen (secondary N) is 1. The first kappa shape index (κ1) is 13.1. The van der Waals surface area contributed by atoms with Crippen LogP contribution in [0.3, 0.4) is 0 Å². The maximum atomic E-state index is 9.57. The van der Waals surface area contributed by atoms with Gasteiger partial charge in [-0.25, -0.2) is 0 Å². The van der Waals surface area contributed by atoms with Crippen LogP contribution in [0.15, 0.2) is 4.52 Å². The van der Waals surface area contributed by atoms with Crippen LogP contribution in [0.4, 0.5) is 0 Å². The predicted molar refractivity (Wildman–Crippen MR) is 60.2 cm³/mol. The standard InChI is InChI=1S/C10H20N4O2/c1-8-12-10(16-13-8)4-5-11-6-9(15)7-14(2)3/h9,11,15H,4-7H2,1-3H3. The molecule has 0 saturated heterocycles. The van der Waals surface area contributed by atoms with E-state index in [0.717, 1.165) is 6.54 Å². The number of aromatic nitrogens is 2. The van der Waals surface area contributed by atoms with Gasteiger partial charge in [0.15, 0.2) is 5.82 Å². The number of hydrogen-bond acceptors (Lipinski definition) is 6. The van der Waals surface area contributed by atoms with E-state index in [1.165, 1.54) is 0 Å². The van der Waals surface area contributed by atoms with Crippen molar-refractivity contribution in [2.75, 3.05) is 33.7 Å². The Morgan fingerprint density at radius 2 is 2.25 bits per heavy atom. The van der Waals surface area contributed by atoms with E-state index in [-0.39, 0.29) is 6.10 Å². The third-order valence-corrected chi connectivity index (χ3v) is 2.04. The van der Waals surface area contributed by atoms with Crippen LogP contribution in [0.2, 0.25) is 0 Å². The molecular formula is C10H20N4O2. The maximum absolute atomic E-state index is 9.57. The number of rotatable bonds is 7. The molecule has 0 bridgehead atoms. The highest BCUT2D eigenvalue weighted by atomic mass is 16.5. The lowest BCUT2D eigenvalue weighted by Gasteiger charge is -2.15. The largest absolute Gasteiger partial charge is 0.390 e. The summed E-state index contributed by atoms with van der Waals surface area (Å²) in [5.41, 5.74) is 0. The van der Waals surface area contributed by atoms with Crippen molar-refractivity contribution in [2.24, 2.45) is 0 Å². The fraction of sp³-hybridized carbons (Fsp3) is 0.800. The number of nitrogens with zero attached hydrogens (tertiary/aromatic N) is 3. The zero-order chi connectivity index (χ0) is 12.0. The van der Waals surface area contributed by atoms with Gasteiger partial charge in [0.1, 0.15) is 0 Å². The number of aryl methyl sites for hydroxylation is 1. The molecule has 1 aromatic rings. The molecule has 2 N–H and O–H groups in total. The summed E-state index contributed by atoms with van der Waals surface area (Å²) in [6.45, 7) is 3.76. The van der Waals surface area contributed by atoms with Crippen molar-refractivity contribution in [2.45, 2.75) is 19.4 Å². The average Bonchev–Trinajstić information content (AvgIpc) is 2.58. The van der Waals surface area contributed by atoms with Gasteiger partial charge in [-0.3, -0.25) is 0 Å². The van der Waals surface area contributed by atoms with Gasteiger partial charge in [0.25, 0.3) is 0 Å². The molecule has 0 amide bonds. The van der Waals surface area contributed by atoms with Crippen molar-refractivity contribution in [1.82, 2.24) is 20.4 Å². The molecule has 0 radical (unpaired) electrons. The molecule has 6 heteroatoms. The van der Waals surface area contributed by atoms with E-state index >= 15 is 0 Å². The minimum atomic E-state index is -0.348. The lowest BCUT2D eigenvalue weighted by molar-refractivity contribution is 0.135. The second kappa shape index (κ2) is 6.57. The zero-order valence-electron chi connectivity index (χ0n) is 10.1. The van der Waals surface area contributed by atoms with Crippen LogP contribution in [-0.2, 0) is 6.42 Å². The molecular weight excluding hydrogens is 208 g/mol. The minimum Gasteiger partial charge on any atom is -0.390 e. The van der Waals surface area contributed by atoms with Gasteiger partial charge in [-0.05, 0) is 21.0 Å². The van der Waals surface area contributed by atoms with Gasteiger partial charge >= 0.3 is 0 Å². The van der Waals surface area contributed by atoms with Crippen LogP contribution in [0.5, 0.6) is 0 Å². The smallest absolute Gasteiger partial charge is 0.227 e. The Hall–Kier alpha value is -0.980. The maximum Gasteiger partial charge on any atom is 0.227 e. The highest BCUT2D eigenvalue weighted by Crippen LogP contribution is 1.95. The predicted octanol–water partition coefficient (Wildman–Crippen LogP) is -0.567. The van der Waals surface area contributed by atoms with Gasteiger partial charge in [0, 0.05) is 26.1 Å². The summed E-state index contributed by atoms with van der Waals surface area (Å²) in [4.78, 5) is 6.04. The number of likely N-dealkylation sites (N-methyl/N-ethyl adjacent to an activating group) is 1. The molecule has 0 aliphatic rings. The van der Waals surface area contributed by atoms with Gasteiger partial charge in [0.2, 0.25) is 5.89 Å². The number of aliphatic hydroxyl groups excluding tert-OH is 1. The van der Waals surface area contributed by atoms with E-state index in [2.05, 4.69) is 15.5 Å². The van der Waals surface area contributed by atoms with Crippen LogP contribution in [-0.4, -0.2) is 60.0 Å². The van der Waals surface area contributed by atoms with Crippen molar-refractivity contribution in [1.29, 1.82) is 0 Å². The first-order valence-corrected chi connectivity index (χ1v) is 5.40. The fourth-order valence-corrected chi connectivity index (χ4v) is 1.39. The quantitative estimate of drug-likeness (QED) is 0.609. The van der Waals surface area contributed by atoms with Crippen LogP contribution in [0.1, 0.15) is 11.7 Å². The molecule has 0 fully saturated rings. The Morgan fingerprint density at radius 1 is 1.50 bits per heavy atom. The zero-order valence-corrected chi connectivity index (χ0v) is 10.1. The fourth-order valence-electron chi connectivity index (χ4n) is 1.39. The molecule has 1 atom stereocenters. The SMILES string of the molecule is Cc1noc(CCNCC(O)CN(C)C)n1. The molecule has 0 aliphatic carbocycles. The van der Waals surface area contributed by atoms with Gasteiger partial charge in [-0.15, -0.1) is 0 Å². The van der Waals surface area contributed by atoms with Crippen LogP contribution >= 0.6 is 0 Å². The molecule has 16 heavy (non-hydrogen) atoms. The molecule has 6 nitrogen and oxygen atoms in total. The highest BCUT2D eigenvalue weighted by molar-refractivity contribution is 4.83. The van der Waals surface area contributed by atoms with Crippen molar-refractivity contribution in [3.8, 4) is 0 Å². The molecule has 92 valence electrons. The number of hydrogen-bond donors (Lipinski definition) is 2. The summed E-state index contributed by atoms with van der Waals surface area (Å²) < 4.78 is 4.96. The van der Waals surface area contributed by atoms with Gasteiger partial charge < -0.3 is 19.8 Å². The second-order valence-corrected chi connectivity index (χ2v) is 4.11. The summed E-state index contributed by atoms with van der Waals surface area (Å²) in [5, 5.41) is 16.4. The van der Waals surface area contributed by atoms with Gasteiger partial charge in [-0.2, -0.15) is 4.98 Å². The molecule has 0 aliphatic heterocycles. The van der Waals surface area contributed by atoms with Crippen molar-refractivity contribution < 1.29 is 9.63 Å². The van der Waals surface area contributed by atoms with E-state index in [9.17, 15) is 5.11 Å². The van der Waals surface area contributed by atoms with Crippen LogP contribution in [0, 0.1) is 6.92 Å². The molecule has 1 aromatic heterocycles. The molecule has 0 saturated carbocycles. The van der Waals surface area contributed by atoms with Crippen LogP contribution < -0.4 is 5.32 Å². The summed E-state index contributed by atoms with van der Waals surface area (Å²) in [5.74, 6) is 1.29. The lowest BCUT2D eigenvalue weighted by atomic mass is 10.3. The Balaban J connectivity index is 2.07. The second-order valence-electron chi connectivity index (χ2n) is 4.11. The molecule has 1 heterocycles. The molecule has 0 spiro atoms. The molecule has 0 aromatic carbocycles. The Kier molecular flexibility index (Phi) is 5.37. The van der Waals surface area contributed by atoms with Crippen LogP contribution in [0.25, 0.3) is 0 Å². The van der Waals surface area contributed by atoms with Crippen molar-refractivity contribution in [3.05, 3.63) is 11.7 Å². The minimum absolute atomic E-state index is 0.348. The Morgan fingerprint density at radius 3 is 2.81 bits per heavy atom. The van der Waals surface area contributed by atoms with Gasteiger partial charge in [0.05, 0.1) is 6.10 Å². The summed E-state index contributed by atoms with van der Waals surface area (Å²) >= 11 is 0. The topological polar surface area (TPSA) is 74.4 Å². The lowest BCUT2D eigenvalue weighted by Crippen LogP contribution is -2.35.